The lowest BCUT2D eigenvalue weighted by molar-refractivity contribution is -0.138. The van der Waals surface area contributed by atoms with E-state index in [-0.39, 0.29) is 18.4 Å². The fraction of sp³-hybridized carbons (Fsp3) is 0.846. The smallest absolute Gasteiger partial charge is 0.320 e. The Labute approximate surface area is 113 Å². The first kappa shape index (κ1) is 14.1. The second-order valence-corrected chi connectivity index (χ2v) is 6.00. The van der Waals surface area contributed by atoms with Gasteiger partial charge in [-0.05, 0) is 32.1 Å². The molecule has 0 saturated carbocycles. The average molecular weight is 270 g/mol. The normalized spacial score (nSPS) is 31.6. The van der Waals surface area contributed by atoms with E-state index in [4.69, 9.17) is 5.11 Å². The molecular formula is C13H22N2O4. The molecule has 19 heavy (non-hydrogen) atoms. The SMILES string of the molecule is CC1(O)CCN(C(=O)N2CCCC(CC(=O)O)C2)C1. The van der Waals surface area contributed by atoms with E-state index in [1.54, 1.807) is 16.7 Å². The zero-order valence-corrected chi connectivity index (χ0v) is 11.3. The molecule has 2 heterocycles. The molecule has 108 valence electrons. The highest BCUT2D eigenvalue weighted by atomic mass is 16.4. The van der Waals surface area contributed by atoms with Gasteiger partial charge in [0.15, 0.2) is 0 Å². The van der Waals surface area contributed by atoms with Gasteiger partial charge in [-0.25, -0.2) is 4.79 Å². The fourth-order valence-corrected chi connectivity index (χ4v) is 2.96. The van der Waals surface area contributed by atoms with Gasteiger partial charge in [0.2, 0.25) is 0 Å². The van der Waals surface area contributed by atoms with Gasteiger partial charge >= 0.3 is 12.0 Å². The first-order valence-corrected chi connectivity index (χ1v) is 6.85. The second-order valence-electron chi connectivity index (χ2n) is 6.00. The Hall–Kier alpha value is -1.30. The summed E-state index contributed by atoms with van der Waals surface area (Å²) in [5.41, 5.74) is -0.786. The summed E-state index contributed by atoms with van der Waals surface area (Å²) in [4.78, 5) is 26.5. The molecule has 2 aliphatic heterocycles. The van der Waals surface area contributed by atoms with Gasteiger partial charge in [-0.1, -0.05) is 0 Å². The van der Waals surface area contributed by atoms with Crippen LogP contribution in [0, 0.1) is 5.92 Å². The number of nitrogens with zero attached hydrogens (tertiary/aromatic N) is 2. The van der Waals surface area contributed by atoms with E-state index in [9.17, 15) is 14.7 Å². The van der Waals surface area contributed by atoms with E-state index >= 15 is 0 Å². The summed E-state index contributed by atoms with van der Waals surface area (Å²) in [6.07, 6.45) is 2.45. The number of rotatable bonds is 2. The number of aliphatic carboxylic acids is 1. The summed E-state index contributed by atoms with van der Waals surface area (Å²) < 4.78 is 0. The van der Waals surface area contributed by atoms with Crippen molar-refractivity contribution in [3.8, 4) is 0 Å². The van der Waals surface area contributed by atoms with Crippen molar-refractivity contribution < 1.29 is 19.8 Å². The molecule has 2 rings (SSSR count). The third-order valence-corrected chi connectivity index (χ3v) is 3.98. The molecule has 2 N–H and O–H groups in total. The number of β-amino-alcohol motifs (C(OH)–C–C–N with tert-alkyl or cyclic N) is 1. The molecule has 0 aromatic carbocycles. The van der Waals surface area contributed by atoms with Gasteiger partial charge in [0.25, 0.3) is 0 Å². The molecule has 0 aliphatic carbocycles. The molecule has 2 atom stereocenters. The van der Waals surface area contributed by atoms with Crippen molar-refractivity contribution in [2.75, 3.05) is 26.2 Å². The van der Waals surface area contributed by atoms with Crippen LogP contribution in [0.3, 0.4) is 0 Å². The van der Waals surface area contributed by atoms with Crippen molar-refractivity contribution in [1.82, 2.24) is 9.80 Å². The monoisotopic (exact) mass is 270 g/mol. The third-order valence-electron chi connectivity index (χ3n) is 3.98. The van der Waals surface area contributed by atoms with Crippen LogP contribution in [0.15, 0.2) is 0 Å². The van der Waals surface area contributed by atoms with Crippen molar-refractivity contribution in [1.29, 1.82) is 0 Å². The quantitative estimate of drug-likeness (QED) is 0.776. The number of aliphatic hydroxyl groups is 1. The van der Waals surface area contributed by atoms with Gasteiger partial charge < -0.3 is 20.0 Å². The number of carbonyl (C=O) groups is 2. The van der Waals surface area contributed by atoms with Gasteiger partial charge in [-0.15, -0.1) is 0 Å². The summed E-state index contributed by atoms with van der Waals surface area (Å²) in [5.74, 6) is -0.748. The first-order chi connectivity index (χ1) is 8.87. The molecule has 0 bridgehead atoms. The van der Waals surface area contributed by atoms with Crippen LogP contribution in [0.4, 0.5) is 4.79 Å². The number of urea groups is 1. The van der Waals surface area contributed by atoms with Gasteiger partial charge in [0.1, 0.15) is 0 Å². The number of piperidine rings is 1. The largest absolute Gasteiger partial charge is 0.481 e. The number of hydrogen-bond acceptors (Lipinski definition) is 3. The van der Waals surface area contributed by atoms with Crippen LogP contribution in [0.2, 0.25) is 0 Å². The van der Waals surface area contributed by atoms with Crippen LogP contribution in [0.25, 0.3) is 0 Å². The molecular weight excluding hydrogens is 248 g/mol. The van der Waals surface area contributed by atoms with Gasteiger partial charge in [0.05, 0.1) is 12.1 Å². The van der Waals surface area contributed by atoms with Crippen molar-refractivity contribution in [2.45, 2.75) is 38.2 Å². The van der Waals surface area contributed by atoms with Crippen LogP contribution in [0.5, 0.6) is 0 Å². The molecule has 0 spiro atoms. The minimum absolute atomic E-state index is 0.0540. The lowest BCUT2D eigenvalue weighted by atomic mass is 9.95. The first-order valence-electron chi connectivity index (χ1n) is 6.85. The van der Waals surface area contributed by atoms with E-state index in [0.29, 0.717) is 32.6 Å². The molecule has 2 unspecified atom stereocenters. The Morgan fingerprint density at radius 3 is 2.63 bits per heavy atom. The van der Waals surface area contributed by atoms with E-state index in [1.807, 2.05) is 0 Å². The Bertz CT molecular complexity index is 370. The highest BCUT2D eigenvalue weighted by Crippen LogP contribution is 2.25. The summed E-state index contributed by atoms with van der Waals surface area (Å²) in [7, 11) is 0. The van der Waals surface area contributed by atoms with Crippen LogP contribution >= 0.6 is 0 Å². The molecule has 6 heteroatoms. The van der Waals surface area contributed by atoms with Crippen molar-refractivity contribution in [2.24, 2.45) is 5.92 Å². The lowest BCUT2D eigenvalue weighted by Crippen LogP contribution is -2.48. The molecule has 2 amide bonds. The number of hydrogen-bond donors (Lipinski definition) is 2. The zero-order valence-electron chi connectivity index (χ0n) is 11.3. The molecule has 2 aliphatic rings. The molecule has 6 nitrogen and oxygen atoms in total. The molecule has 2 fully saturated rings. The molecule has 0 aromatic heterocycles. The topological polar surface area (TPSA) is 81.1 Å². The number of carboxylic acids is 1. The van der Waals surface area contributed by atoms with Gasteiger partial charge in [-0.3, -0.25) is 4.79 Å². The summed E-state index contributed by atoms with van der Waals surface area (Å²) >= 11 is 0. The number of carbonyl (C=O) groups excluding carboxylic acids is 1. The average Bonchev–Trinajstić information content (AvgIpc) is 2.68. The Morgan fingerprint density at radius 1 is 1.32 bits per heavy atom. The maximum Gasteiger partial charge on any atom is 0.320 e. The van der Waals surface area contributed by atoms with Crippen LogP contribution < -0.4 is 0 Å². The predicted molar refractivity (Wildman–Crippen MR) is 68.8 cm³/mol. The maximum absolute atomic E-state index is 12.3. The van der Waals surface area contributed by atoms with Gasteiger partial charge in [-0.2, -0.15) is 0 Å². The summed E-state index contributed by atoms with van der Waals surface area (Å²) in [6.45, 7) is 3.89. The minimum Gasteiger partial charge on any atom is -0.481 e. The van der Waals surface area contributed by atoms with Crippen molar-refractivity contribution >= 4 is 12.0 Å². The maximum atomic E-state index is 12.3. The second kappa shape index (κ2) is 5.36. The number of carboxylic acid groups (broad SMARTS) is 1. The predicted octanol–water partition coefficient (Wildman–Crippen LogP) is 0.750. The molecule has 0 radical (unpaired) electrons. The summed E-state index contributed by atoms with van der Waals surface area (Å²) in [6, 6.07) is -0.0622. The lowest BCUT2D eigenvalue weighted by Gasteiger charge is -2.35. The van der Waals surface area contributed by atoms with Crippen molar-refractivity contribution in [3.05, 3.63) is 0 Å². The highest BCUT2D eigenvalue weighted by Gasteiger charge is 2.37. The van der Waals surface area contributed by atoms with Gasteiger partial charge in [0, 0.05) is 26.1 Å². The van der Waals surface area contributed by atoms with Crippen LogP contribution in [-0.2, 0) is 4.79 Å². The standard InChI is InChI=1S/C13H22N2O4/c1-13(19)4-6-15(9-13)12(18)14-5-2-3-10(8-14)7-11(16)17/h10,19H,2-9H2,1H3,(H,16,17). The fourth-order valence-electron chi connectivity index (χ4n) is 2.96. The van der Waals surface area contributed by atoms with E-state index in [0.717, 1.165) is 12.8 Å². The highest BCUT2D eigenvalue weighted by molar-refractivity contribution is 5.75. The van der Waals surface area contributed by atoms with Crippen LogP contribution in [-0.4, -0.2) is 63.8 Å². The van der Waals surface area contributed by atoms with E-state index in [2.05, 4.69) is 0 Å². The van der Waals surface area contributed by atoms with Crippen LogP contribution in [0.1, 0.15) is 32.6 Å². The van der Waals surface area contributed by atoms with E-state index in [1.165, 1.54) is 0 Å². The molecule has 0 aromatic rings. The molecule has 2 saturated heterocycles. The Balaban J connectivity index is 1.90. The van der Waals surface area contributed by atoms with Crippen molar-refractivity contribution in [3.63, 3.8) is 0 Å². The third kappa shape index (κ3) is 3.59. The minimum atomic E-state index is -0.802. The van der Waals surface area contributed by atoms with E-state index < -0.39 is 11.6 Å². The zero-order chi connectivity index (χ0) is 14.0. The Kier molecular flexibility index (Phi) is 3.99. The number of amides is 2. The summed E-state index contributed by atoms with van der Waals surface area (Å²) in [5, 5.41) is 18.7. The number of likely N-dealkylation sites (tertiary alicyclic amines) is 2. The Morgan fingerprint density at radius 2 is 2.05 bits per heavy atom.